The molecule has 2 heterocycles. The molecule has 4 heteroatoms. The third-order valence-electron chi connectivity index (χ3n) is 4.69. The largest absolute Gasteiger partial charge is 0.297 e. The van der Waals surface area contributed by atoms with E-state index in [1.54, 1.807) is 0 Å². The van der Waals surface area contributed by atoms with Gasteiger partial charge in [0.1, 0.15) is 0 Å². The third-order valence-corrected chi connectivity index (χ3v) is 5.60. The zero-order valence-corrected chi connectivity index (χ0v) is 15.1. The molecule has 0 spiro atoms. The predicted octanol–water partition coefficient (Wildman–Crippen LogP) is 4.00. The van der Waals surface area contributed by atoms with Crippen LogP contribution in [0.5, 0.6) is 0 Å². The number of hydrogen-bond donors (Lipinski definition) is 0. The maximum absolute atomic E-state index is 4.59. The minimum atomic E-state index is 0.453. The maximum Gasteiger partial charge on any atom is 0.0767 e. The Balaban J connectivity index is 1.98. The van der Waals surface area contributed by atoms with Crippen molar-refractivity contribution in [3.05, 3.63) is 15.9 Å². The van der Waals surface area contributed by atoms with E-state index in [0.717, 1.165) is 18.9 Å². The summed E-state index contributed by atoms with van der Waals surface area (Å²) in [5.41, 5.74) is 2.94. The van der Waals surface area contributed by atoms with Crippen molar-refractivity contribution in [1.29, 1.82) is 0 Å². The minimum absolute atomic E-state index is 0.453. The quantitative estimate of drug-likeness (QED) is 0.828. The molecule has 1 aliphatic rings. The average molecular weight is 342 g/mol. The summed E-state index contributed by atoms with van der Waals surface area (Å²) in [6.07, 6.45) is 3.62. The Hall–Kier alpha value is -0.350. The van der Waals surface area contributed by atoms with Gasteiger partial charge in [0, 0.05) is 13.6 Å². The Morgan fingerprint density at radius 2 is 1.85 bits per heavy atom. The molecule has 20 heavy (non-hydrogen) atoms. The van der Waals surface area contributed by atoms with Gasteiger partial charge < -0.3 is 0 Å². The Morgan fingerprint density at radius 3 is 2.30 bits per heavy atom. The Morgan fingerprint density at radius 1 is 1.25 bits per heavy atom. The van der Waals surface area contributed by atoms with E-state index in [-0.39, 0.29) is 0 Å². The second kappa shape index (κ2) is 6.18. The Bertz CT molecular complexity index is 451. The number of aromatic nitrogens is 2. The predicted molar refractivity (Wildman–Crippen MR) is 87.7 cm³/mol. The lowest BCUT2D eigenvalue weighted by Gasteiger charge is -2.38. The van der Waals surface area contributed by atoms with Crippen molar-refractivity contribution in [3.8, 4) is 0 Å². The molecule has 1 fully saturated rings. The van der Waals surface area contributed by atoms with Gasteiger partial charge >= 0.3 is 0 Å². The molecule has 1 aromatic rings. The molecular weight excluding hydrogens is 314 g/mol. The normalized spacial score (nSPS) is 18.7. The van der Waals surface area contributed by atoms with Crippen LogP contribution in [0.4, 0.5) is 0 Å². The van der Waals surface area contributed by atoms with Gasteiger partial charge in [0.2, 0.25) is 0 Å². The van der Waals surface area contributed by atoms with Crippen molar-refractivity contribution < 1.29 is 0 Å². The van der Waals surface area contributed by atoms with Crippen molar-refractivity contribution in [2.75, 3.05) is 13.1 Å². The van der Waals surface area contributed by atoms with Gasteiger partial charge in [-0.15, -0.1) is 0 Å². The van der Waals surface area contributed by atoms with Crippen LogP contribution in [0, 0.1) is 11.3 Å². The second-order valence-electron chi connectivity index (χ2n) is 7.10. The van der Waals surface area contributed by atoms with Crippen LogP contribution in [0.1, 0.15) is 51.9 Å². The molecule has 1 saturated heterocycles. The van der Waals surface area contributed by atoms with E-state index in [0.29, 0.717) is 5.41 Å². The number of nitrogens with zero attached hydrogens (tertiary/aromatic N) is 3. The molecule has 0 atom stereocenters. The molecule has 1 aliphatic heterocycles. The van der Waals surface area contributed by atoms with Gasteiger partial charge in [-0.2, -0.15) is 5.10 Å². The molecule has 0 N–H and O–H groups in total. The van der Waals surface area contributed by atoms with Crippen molar-refractivity contribution in [1.82, 2.24) is 14.7 Å². The van der Waals surface area contributed by atoms with Crippen LogP contribution in [0.25, 0.3) is 0 Å². The first-order chi connectivity index (χ1) is 9.32. The van der Waals surface area contributed by atoms with E-state index in [1.807, 2.05) is 4.68 Å². The number of halogens is 1. The highest BCUT2D eigenvalue weighted by Gasteiger charge is 2.29. The summed E-state index contributed by atoms with van der Waals surface area (Å²) < 4.78 is 3.25. The molecule has 0 aromatic carbocycles. The molecule has 0 bridgehead atoms. The van der Waals surface area contributed by atoms with Crippen LogP contribution in [-0.4, -0.2) is 27.8 Å². The van der Waals surface area contributed by atoms with E-state index in [1.165, 1.54) is 41.8 Å². The topological polar surface area (TPSA) is 21.1 Å². The van der Waals surface area contributed by atoms with Crippen LogP contribution in [0.3, 0.4) is 0 Å². The molecule has 3 nitrogen and oxygen atoms in total. The first-order valence-electron chi connectivity index (χ1n) is 7.75. The van der Waals surface area contributed by atoms with Crippen molar-refractivity contribution >= 4 is 15.9 Å². The molecule has 114 valence electrons. The summed E-state index contributed by atoms with van der Waals surface area (Å²) in [4.78, 5) is 2.57. The fraction of sp³-hybridized carbons (Fsp3) is 0.812. The van der Waals surface area contributed by atoms with Crippen molar-refractivity contribution in [3.63, 3.8) is 0 Å². The van der Waals surface area contributed by atoms with Crippen molar-refractivity contribution in [2.45, 2.75) is 53.5 Å². The van der Waals surface area contributed by atoms with Crippen LogP contribution in [-0.2, 0) is 20.0 Å². The van der Waals surface area contributed by atoms with E-state index in [2.05, 4.69) is 60.7 Å². The molecule has 0 aliphatic carbocycles. The van der Waals surface area contributed by atoms with Crippen LogP contribution >= 0.6 is 15.9 Å². The van der Waals surface area contributed by atoms with E-state index in [4.69, 9.17) is 0 Å². The van der Waals surface area contributed by atoms with Gasteiger partial charge in [-0.1, -0.05) is 27.7 Å². The summed E-state index contributed by atoms with van der Waals surface area (Å²) >= 11 is 3.72. The molecule has 0 unspecified atom stereocenters. The fourth-order valence-corrected chi connectivity index (χ4v) is 3.90. The fourth-order valence-electron chi connectivity index (χ4n) is 3.16. The van der Waals surface area contributed by atoms with Gasteiger partial charge in [0.25, 0.3) is 0 Å². The van der Waals surface area contributed by atoms with Gasteiger partial charge in [0.05, 0.1) is 15.9 Å². The van der Waals surface area contributed by atoms with E-state index in [9.17, 15) is 0 Å². The first kappa shape index (κ1) is 16.0. The summed E-state index contributed by atoms with van der Waals surface area (Å²) in [5.74, 6) is 0.861. The number of piperidine rings is 1. The minimum Gasteiger partial charge on any atom is -0.297 e. The highest BCUT2D eigenvalue weighted by atomic mass is 79.9. The zero-order valence-electron chi connectivity index (χ0n) is 13.5. The van der Waals surface area contributed by atoms with Gasteiger partial charge in [-0.05, 0) is 59.6 Å². The summed E-state index contributed by atoms with van der Waals surface area (Å²) in [5, 5.41) is 4.59. The van der Waals surface area contributed by atoms with E-state index >= 15 is 0 Å². The number of likely N-dealkylation sites (tertiary alicyclic amines) is 1. The average Bonchev–Trinajstić information content (AvgIpc) is 2.66. The first-order valence-corrected chi connectivity index (χ1v) is 8.54. The van der Waals surface area contributed by atoms with Gasteiger partial charge in [-0.3, -0.25) is 9.58 Å². The number of aryl methyl sites for hydroxylation is 2. The lowest BCUT2D eigenvalue weighted by Crippen LogP contribution is -2.38. The lowest BCUT2D eigenvalue weighted by molar-refractivity contribution is 0.106. The SMILES string of the molecule is CCc1nn(C)c(CN2CCC(C(C)(C)C)CC2)c1Br. The molecule has 0 radical (unpaired) electrons. The van der Waals surface area contributed by atoms with Crippen LogP contribution in [0.15, 0.2) is 4.47 Å². The molecule has 2 rings (SSSR count). The Labute approximate surface area is 131 Å². The lowest BCUT2D eigenvalue weighted by atomic mass is 9.75. The zero-order chi connectivity index (χ0) is 14.9. The highest BCUT2D eigenvalue weighted by Crippen LogP contribution is 2.35. The monoisotopic (exact) mass is 341 g/mol. The van der Waals surface area contributed by atoms with Gasteiger partial charge in [0.15, 0.2) is 0 Å². The Kier molecular flexibility index (Phi) is 4.96. The smallest absolute Gasteiger partial charge is 0.0767 e. The maximum atomic E-state index is 4.59. The van der Waals surface area contributed by atoms with E-state index < -0.39 is 0 Å². The van der Waals surface area contributed by atoms with Crippen LogP contribution in [0.2, 0.25) is 0 Å². The number of rotatable bonds is 3. The van der Waals surface area contributed by atoms with Gasteiger partial charge in [-0.25, -0.2) is 0 Å². The summed E-state index contributed by atoms with van der Waals surface area (Å²) in [6.45, 7) is 12.7. The van der Waals surface area contributed by atoms with Crippen LogP contribution < -0.4 is 0 Å². The summed E-state index contributed by atoms with van der Waals surface area (Å²) in [7, 11) is 2.06. The molecule has 1 aromatic heterocycles. The molecular formula is C16H28BrN3. The van der Waals surface area contributed by atoms with Crippen molar-refractivity contribution in [2.24, 2.45) is 18.4 Å². The standard InChI is InChI=1S/C16H28BrN3/c1-6-13-15(17)14(19(5)18-13)11-20-9-7-12(8-10-20)16(2,3)4/h12H,6-11H2,1-5H3. The number of hydrogen-bond acceptors (Lipinski definition) is 2. The molecule has 0 amide bonds. The highest BCUT2D eigenvalue weighted by molar-refractivity contribution is 9.10. The second-order valence-corrected chi connectivity index (χ2v) is 7.89. The third kappa shape index (κ3) is 3.45. The summed E-state index contributed by atoms with van der Waals surface area (Å²) in [6, 6.07) is 0. The molecule has 0 saturated carbocycles.